The van der Waals surface area contributed by atoms with Crippen LogP contribution in [0.4, 0.5) is 5.95 Å². The van der Waals surface area contributed by atoms with E-state index < -0.39 is 0 Å². The normalized spacial score (nSPS) is 17.4. The molecule has 17 heavy (non-hydrogen) atoms. The lowest BCUT2D eigenvalue weighted by molar-refractivity contribution is 0.0230. The first-order valence-corrected chi connectivity index (χ1v) is 6.24. The van der Waals surface area contributed by atoms with E-state index in [1.54, 1.807) is 0 Å². The smallest absolute Gasteiger partial charge is 0.223 e. The van der Waals surface area contributed by atoms with E-state index in [4.69, 9.17) is 10.5 Å². The van der Waals surface area contributed by atoms with Gasteiger partial charge in [-0.1, -0.05) is 13.8 Å². The molecule has 0 spiro atoms. The predicted molar refractivity (Wildman–Crippen MR) is 65.4 cm³/mol. The second-order valence-corrected chi connectivity index (χ2v) is 4.80. The molecule has 1 atom stereocenters. The van der Waals surface area contributed by atoms with Crippen LogP contribution in [0, 0.1) is 5.92 Å². The van der Waals surface area contributed by atoms with Gasteiger partial charge in [0.05, 0.1) is 0 Å². The quantitative estimate of drug-likeness (QED) is 0.847. The Balaban J connectivity index is 2.28. The molecule has 2 N–H and O–H groups in total. The van der Waals surface area contributed by atoms with Crippen molar-refractivity contribution in [1.29, 1.82) is 0 Å². The predicted octanol–water partition coefficient (Wildman–Crippen LogP) is 2.06. The first-order valence-electron chi connectivity index (χ1n) is 6.24. The van der Waals surface area contributed by atoms with Crippen LogP contribution in [0.15, 0.2) is 0 Å². The summed E-state index contributed by atoms with van der Waals surface area (Å²) < 4.78 is 5.69. The van der Waals surface area contributed by atoms with Gasteiger partial charge in [-0.3, -0.25) is 0 Å². The summed E-state index contributed by atoms with van der Waals surface area (Å²) in [6, 6.07) is 0. The number of rotatable bonds is 5. The molecule has 5 nitrogen and oxygen atoms in total. The van der Waals surface area contributed by atoms with Crippen molar-refractivity contribution in [3.8, 4) is 0 Å². The van der Waals surface area contributed by atoms with E-state index >= 15 is 0 Å². The molecule has 1 aromatic rings. The van der Waals surface area contributed by atoms with Gasteiger partial charge in [0.1, 0.15) is 11.9 Å². The van der Waals surface area contributed by atoms with Crippen molar-refractivity contribution in [3.63, 3.8) is 0 Å². The molecule has 1 saturated carbocycles. The molecule has 1 aromatic heterocycles. The lowest BCUT2D eigenvalue weighted by atomic mass is 10.1. The second-order valence-electron chi connectivity index (χ2n) is 4.80. The molecule has 0 radical (unpaired) electrons. The molecule has 1 fully saturated rings. The maximum atomic E-state index is 5.74. The van der Waals surface area contributed by atoms with Gasteiger partial charge in [-0.2, -0.15) is 9.97 Å². The molecular formula is C12H20N4O. The van der Waals surface area contributed by atoms with Crippen LogP contribution in [-0.2, 0) is 4.74 Å². The van der Waals surface area contributed by atoms with Crippen LogP contribution < -0.4 is 5.73 Å². The van der Waals surface area contributed by atoms with Crippen molar-refractivity contribution < 1.29 is 4.74 Å². The van der Waals surface area contributed by atoms with Crippen LogP contribution in [0.3, 0.4) is 0 Å². The summed E-state index contributed by atoms with van der Waals surface area (Å²) in [4.78, 5) is 12.9. The standard InChI is InChI=1S/C12H20N4O/c1-4-17-9(7(2)3)11-14-10(8-5-6-8)15-12(13)16-11/h7-9H,4-6H2,1-3H3,(H2,13,14,15,16). The van der Waals surface area contributed by atoms with Crippen molar-refractivity contribution in [2.24, 2.45) is 5.92 Å². The van der Waals surface area contributed by atoms with Crippen molar-refractivity contribution in [3.05, 3.63) is 11.6 Å². The average molecular weight is 236 g/mol. The minimum atomic E-state index is -0.0946. The fourth-order valence-electron chi connectivity index (χ4n) is 1.82. The van der Waals surface area contributed by atoms with Crippen molar-refractivity contribution in [2.75, 3.05) is 12.3 Å². The van der Waals surface area contributed by atoms with Gasteiger partial charge in [0.15, 0.2) is 5.82 Å². The minimum absolute atomic E-state index is 0.0946. The van der Waals surface area contributed by atoms with Gasteiger partial charge in [-0.05, 0) is 25.7 Å². The van der Waals surface area contributed by atoms with Crippen molar-refractivity contribution in [2.45, 2.75) is 45.6 Å². The molecule has 0 saturated heterocycles. The second kappa shape index (κ2) is 4.96. The van der Waals surface area contributed by atoms with Gasteiger partial charge in [0.2, 0.25) is 5.95 Å². The SMILES string of the molecule is CCOC(c1nc(N)nc(C2CC2)n1)C(C)C. The number of hydrogen-bond acceptors (Lipinski definition) is 5. The van der Waals surface area contributed by atoms with Crippen LogP contribution in [0.2, 0.25) is 0 Å². The molecule has 1 unspecified atom stereocenters. The lowest BCUT2D eigenvalue weighted by Gasteiger charge is -2.19. The van der Waals surface area contributed by atoms with Gasteiger partial charge in [-0.15, -0.1) is 0 Å². The largest absolute Gasteiger partial charge is 0.370 e. The van der Waals surface area contributed by atoms with Gasteiger partial charge in [-0.25, -0.2) is 4.98 Å². The third-order valence-electron chi connectivity index (χ3n) is 2.84. The number of hydrogen-bond donors (Lipinski definition) is 1. The first-order chi connectivity index (χ1) is 8.11. The molecule has 94 valence electrons. The van der Waals surface area contributed by atoms with E-state index in [0.29, 0.717) is 30.2 Å². The van der Waals surface area contributed by atoms with Crippen molar-refractivity contribution >= 4 is 5.95 Å². The summed E-state index contributed by atoms with van der Waals surface area (Å²) in [5.74, 6) is 2.62. The molecule has 1 heterocycles. The highest BCUT2D eigenvalue weighted by molar-refractivity contribution is 5.20. The molecule has 2 rings (SSSR count). The van der Waals surface area contributed by atoms with Crippen LogP contribution in [0.5, 0.6) is 0 Å². The Morgan fingerprint density at radius 1 is 1.29 bits per heavy atom. The Hall–Kier alpha value is -1.23. The number of nitrogens with zero attached hydrogens (tertiary/aromatic N) is 3. The van der Waals surface area contributed by atoms with E-state index in [-0.39, 0.29) is 6.10 Å². The van der Waals surface area contributed by atoms with E-state index in [2.05, 4.69) is 28.8 Å². The average Bonchev–Trinajstić information content (AvgIpc) is 3.08. The molecule has 1 aliphatic carbocycles. The van der Waals surface area contributed by atoms with Gasteiger partial charge >= 0.3 is 0 Å². The Bertz CT molecular complexity index is 390. The topological polar surface area (TPSA) is 73.9 Å². The molecule has 0 amide bonds. The zero-order valence-corrected chi connectivity index (χ0v) is 10.7. The summed E-state index contributed by atoms with van der Waals surface area (Å²) in [6.07, 6.45) is 2.22. The maximum Gasteiger partial charge on any atom is 0.223 e. The number of ether oxygens (including phenoxy) is 1. The summed E-state index contributed by atoms with van der Waals surface area (Å²) >= 11 is 0. The Kier molecular flexibility index (Phi) is 3.57. The Morgan fingerprint density at radius 3 is 2.53 bits per heavy atom. The van der Waals surface area contributed by atoms with E-state index in [0.717, 1.165) is 18.7 Å². The minimum Gasteiger partial charge on any atom is -0.370 e. The molecule has 1 aliphatic rings. The Morgan fingerprint density at radius 2 is 2.00 bits per heavy atom. The monoisotopic (exact) mass is 236 g/mol. The maximum absolute atomic E-state index is 5.74. The molecule has 5 heteroatoms. The fourth-order valence-corrected chi connectivity index (χ4v) is 1.82. The van der Waals surface area contributed by atoms with Gasteiger partial charge in [0, 0.05) is 12.5 Å². The zero-order chi connectivity index (χ0) is 12.4. The summed E-state index contributed by atoms with van der Waals surface area (Å²) in [6.45, 7) is 6.81. The summed E-state index contributed by atoms with van der Waals surface area (Å²) in [5, 5.41) is 0. The van der Waals surface area contributed by atoms with Gasteiger partial charge in [0.25, 0.3) is 0 Å². The summed E-state index contributed by atoms with van der Waals surface area (Å²) in [7, 11) is 0. The van der Waals surface area contributed by atoms with Crippen LogP contribution in [0.1, 0.15) is 57.3 Å². The molecular weight excluding hydrogens is 216 g/mol. The van der Waals surface area contributed by atoms with Crippen LogP contribution >= 0.6 is 0 Å². The highest BCUT2D eigenvalue weighted by Gasteiger charge is 2.29. The fraction of sp³-hybridized carbons (Fsp3) is 0.750. The Labute approximate surface area is 102 Å². The number of anilines is 1. The lowest BCUT2D eigenvalue weighted by Crippen LogP contribution is -2.17. The zero-order valence-electron chi connectivity index (χ0n) is 10.7. The molecule has 0 aliphatic heterocycles. The van der Waals surface area contributed by atoms with Crippen LogP contribution in [-0.4, -0.2) is 21.6 Å². The third-order valence-corrected chi connectivity index (χ3v) is 2.84. The van der Waals surface area contributed by atoms with E-state index in [9.17, 15) is 0 Å². The number of aromatic nitrogens is 3. The van der Waals surface area contributed by atoms with Crippen LogP contribution in [0.25, 0.3) is 0 Å². The molecule has 0 aromatic carbocycles. The number of nitrogens with two attached hydrogens (primary N) is 1. The van der Waals surface area contributed by atoms with Gasteiger partial charge < -0.3 is 10.5 Å². The highest BCUT2D eigenvalue weighted by atomic mass is 16.5. The van der Waals surface area contributed by atoms with E-state index in [1.165, 1.54) is 0 Å². The number of nitrogen functional groups attached to an aromatic ring is 1. The first kappa shape index (κ1) is 12.2. The molecule has 0 bridgehead atoms. The summed E-state index contributed by atoms with van der Waals surface area (Å²) in [5.41, 5.74) is 5.74. The highest BCUT2D eigenvalue weighted by Crippen LogP contribution is 2.38. The third kappa shape index (κ3) is 2.91. The van der Waals surface area contributed by atoms with E-state index in [1.807, 2.05) is 6.92 Å². The van der Waals surface area contributed by atoms with Crippen molar-refractivity contribution in [1.82, 2.24) is 15.0 Å².